The Morgan fingerprint density at radius 1 is 1.07 bits per heavy atom. The van der Waals surface area contributed by atoms with E-state index in [0.29, 0.717) is 11.3 Å². The topological polar surface area (TPSA) is 101 Å². The fourth-order valence-corrected chi connectivity index (χ4v) is 4.87. The highest BCUT2D eigenvalue weighted by molar-refractivity contribution is 7.99. The van der Waals surface area contributed by atoms with Crippen molar-refractivity contribution in [2.24, 2.45) is 0 Å². The van der Waals surface area contributed by atoms with Gasteiger partial charge in [0.2, 0.25) is 5.13 Å². The van der Waals surface area contributed by atoms with Crippen LogP contribution in [0.1, 0.15) is 15.9 Å². The van der Waals surface area contributed by atoms with Crippen molar-refractivity contribution < 1.29 is 13.2 Å². The molecule has 1 amide bonds. The zero-order valence-electron chi connectivity index (χ0n) is 14.5. The predicted octanol–water partition coefficient (Wildman–Crippen LogP) is 3.62. The lowest BCUT2D eigenvalue weighted by atomic mass is 10.1. The number of amides is 1. The first kappa shape index (κ1) is 19.3. The van der Waals surface area contributed by atoms with Crippen LogP contribution >= 0.6 is 23.1 Å². The summed E-state index contributed by atoms with van der Waals surface area (Å²) in [6.45, 7) is 1.82. The molecule has 0 unspecified atom stereocenters. The number of carbonyl (C=O) groups is 1. The van der Waals surface area contributed by atoms with Gasteiger partial charge in [-0.1, -0.05) is 41.7 Å². The van der Waals surface area contributed by atoms with E-state index in [9.17, 15) is 13.2 Å². The van der Waals surface area contributed by atoms with E-state index in [1.165, 1.54) is 11.8 Å². The molecule has 2 aromatic carbocycles. The normalized spacial score (nSPS) is 11.2. The van der Waals surface area contributed by atoms with E-state index >= 15 is 0 Å². The van der Waals surface area contributed by atoms with Crippen molar-refractivity contribution in [1.29, 1.82) is 0 Å². The van der Waals surface area contributed by atoms with Crippen molar-refractivity contribution in [3.63, 3.8) is 0 Å². The third-order valence-corrected chi connectivity index (χ3v) is 6.97. The van der Waals surface area contributed by atoms with Gasteiger partial charge in [-0.05, 0) is 36.9 Å². The number of anilines is 2. The summed E-state index contributed by atoms with van der Waals surface area (Å²) in [7, 11) is -3.90. The number of carbonyl (C=O) groups excluding carboxylic acids is 1. The van der Waals surface area contributed by atoms with E-state index in [1.807, 2.05) is 37.4 Å². The maximum atomic E-state index is 12.6. The first-order valence-electron chi connectivity index (χ1n) is 7.77. The number of thioether (sulfide) groups is 1. The van der Waals surface area contributed by atoms with Crippen molar-refractivity contribution in [3.05, 3.63) is 59.7 Å². The molecule has 7 nitrogen and oxygen atoms in total. The van der Waals surface area contributed by atoms with Crippen molar-refractivity contribution >= 4 is 49.8 Å². The van der Waals surface area contributed by atoms with Gasteiger partial charge in [0, 0.05) is 10.5 Å². The molecule has 0 spiro atoms. The molecule has 1 aromatic heterocycles. The van der Waals surface area contributed by atoms with Crippen molar-refractivity contribution in [2.45, 2.75) is 16.2 Å². The molecule has 0 aliphatic carbocycles. The highest BCUT2D eigenvalue weighted by Crippen LogP contribution is 2.28. The van der Waals surface area contributed by atoms with Crippen LogP contribution in [0.5, 0.6) is 0 Å². The number of aryl methyl sites for hydroxylation is 1. The summed E-state index contributed by atoms with van der Waals surface area (Å²) in [5.74, 6) is -0.367. The van der Waals surface area contributed by atoms with E-state index < -0.39 is 10.0 Å². The first-order valence-corrected chi connectivity index (χ1v) is 11.3. The van der Waals surface area contributed by atoms with Gasteiger partial charge in [-0.2, -0.15) is 8.42 Å². The van der Waals surface area contributed by atoms with Crippen LogP contribution in [0.2, 0.25) is 0 Å². The van der Waals surface area contributed by atoms with Gasteiger partial charge in [0.05, 0.1) is 5.69 Å². The Morgan fingerprint density at radius 2 is 1.78 bits per heavy atom. The number of hydrogen-bond donors (Lipinski definition) is 2. The summed E-state index contributed by atoms with van der Waals surface area (Å²) in [5, 5.41) is 10.2. The maximum Gasteiger partial charge on any atom is 0.291 e. The van der Waals surface area contributed by atoms with E-state index in [4.69, 9.17) is 0 Å². The molecule has 0 radical (unpaired) electrons. The van der Waals surface area contributed by atoms with Gasteiger partial charge in [0.15, 0.2) is 0 Å². The van der Waals surface area contributed by atoms with Crippen molar-refractivity contribution in [3.8, 4) is 0 Å². The largest absolute Gasteiger partial charge is 0.296 e. The molecule has 0 bridgehead atoms. The highest BCUT2D eigenvalue weighted by atomic mass is 32.2. The van der Waals surface area contributed by atoms with Crippen LogP contribution in [-0.2, 0) is 10.0 Å². The summed E-state index contributed by atoms with van der Waals surface area (Å²) in [6, 6.07) is 14.1. The standard InChI is InChI=1S/C17H16N4O3S3/c1-11-7-3-4-8-12(11)15(22)18-16-19-20-17(26-16)27(23,24)21-13-9-5-6-10-14(13)25-2/h3-10,21H,1-2H3,(H,18,19,22). The minimum absolute atomic E-state index is 0.113. The van der Waals surface area contributed by atoms with Crippen LogP contribution in [0.15, 0.2) is 57.8 Å². The molecular weight excluding hydrogens is 404 g/mol. The van der Waals surface area contributed by atoms with E-state index in [2.05, 4.69) is 20.2 Å². The fraction of sp³-hybridized carbons (Fsp3) is 0.118. The Morgan fingerprint density at radius 3 is 2.52 bits per heavy atom. The number of nitrogens with one attached hydrogen (secondary N) is 2. The van der Waals surface area contributed by atoms with Gasteiger partial charge >= 0.3 is 0 Å². The molecule has 3 rings (SSSR count). The van der Waals surface area contributed by atoms with Crippen LogP contribution < -0.4 is 10.0 Å². The summed E-state index contributed by atoms with van der Waals surface area (Å²) in [5.41, 5.74) is 1.76. The minimum Gasteiger partial charge on any atom is -0.296 e. The Balaban J connectivity index is 1.78. The first-order chi connectivity index (χ1) is 12.9. The SMILES string of the molecule is CSc1ccccc1NS(=O)(=O)c1nnc(NC(=O)c2ccccc2C)s1. The van der Waals surface area contributed by atoms with Gasteiger partial charge in [0.25, 0.3) is 20.3 Å². The number of rotatable bonds is 6. The van der Waals surface area contributed by atoms with Gasteiger partial charge in [-0.15, -0.1) is 22.0 Å². The summed E-state index contributed by atoms with van der Waals surface area (Å²) in [6.07, 6.45) is 1.86. The molecule has 3 aromatic rings. The molecule has 0 atom stereocenters. The maximum absolute atomic E-state index is 12.6. The zero-order chi connectivity index (χ0) is 19.4. The molecule has 0 saturated heterocycles. The van der Waals surface area contributed by atoms with E-state index in [1.54, 1.807) is 24.3 Å². The summed E-state index contributed by atoms with van der Waals surface area (Å²) in [4.78, 5) is 13.1. The summed E-state index contributed by atoms with van der Waals surface area (Å²) >= 11 is 2.22. The average molecular weight is 421 g/mol. The Hall–Kier alpha value is -2.43. The average Bonchev–Trinajstić information content (AvgIpc) is 3.11. The monoisotopic (exact) mass is 420 g/mol. The third-order valence-electron chi connectivity index (χ3n) is 3.60. The minimum atomic E-state index is -3.90. The lowest BCUT2D eigenvalue weighted by molar-refractivity contribution is 0.102. The lowest BCUT2D eigenvalue weighted by Gasteiger charge is -2.08. The van der Waals surface area contributed by atoms with Crippen LogP contribution in [0, 0.1) is 6.92 Å². The van der Waals surface area contributed by atoms with E-state index in [0.717, 1.165) is 21.8 Å². The molecular formula is C17H16N4O3S3. The third kappa shape index (κ3) is 4.46. The number of para-hydroxylation sites is 1. The molecule has 1 heterocycles. The van der Waals surface area contributed by atoms with Crippen LogP contribution in [0.3, 0.4) is 0 Å². The van der Waals surface area contributed by atoms with Gasteiger partial charge < -0.3 is 0 Å². The second kappa shape index (κ2) is 8.07. The second-order valence-corrected chi connectivity index (χ2v) is 9.13. The zero-order valence-corrected chi connectivity index (χ0v) is 16.9. The second-order valence-electron chi connectivity index (χ2n) is 5.45. The Kier molecular flexibility index (Phi) is 5.78. The van der Waals surface area contributed by atoms with Crippen LogP contribution in [0.25, 0.3) is 0 Å². The quantitative estimate of drug-likeness (QED) is 0.467. The van der Waals surface area contributed by atoms with Crippen LogP contribution in [0.4, 0.5) is 10.8 Å². The van der Waals surface area contributed by atoms with E-state index in [-0.39, 0.29) is 15.4 Å². The van der Waals surface area contributed by atoms with Crippen molar-refractivity contribution in [1.82, 2.24) is 10.2 Å². The van der Waals surface area contributed by atoms with Gasteiger partial charge in [-0.3, -0.25) is 14.8 Å². The van der Waals surface area contributed by atoms with Gasteiger partial charge in [0.1, 0.15) is 0 Å². The number of aromatic nitrogens is 2. The number of hydrogen-bond acceptors (Lipinski definition) is 7. The number of sulfonamides is 1. The fourth-order valence-electron chi connectivity index (χ4n) is 2.28. The molecule has 10 heteroatoms. The highest BCUT2D eigenvalue weighted by Gasteiger charge is 2.22. The Labute approximate surface area is 165 Å². The number of benzene rings is 2. The molecule has 0 fully saturated rings. The molecule has 140 valence electrons. The molecule has 0 aliphatic heterocycles. The Bertz CT molecular complexity index is 1080. The van der Waals surface area contributed by atoms with Crippen LogP contribution in [-0.4, -0.2) is 30.8 Å². The summed E-state index contributed by atoms with van der Waals surface area (Å²) < 4.78 is 27.4. The molecule has 27 heavy (non-hydrogen) atoms. The lowest BCUT2D eigenvalue weighted by Crippen LogP contribution is -2.13. The molecule has 2 N–H and O–H groups in total. The predicted molar refractivity (Wildman–Crippen MR) is 108 cm³/mol. The molecule has 0 aliphatic rings. The number of nitrogens with zero attached hydrogens (tertiary/aromatic N) is 2. The van der Waals surface area contributed by atoms with Crippen molar-refractivity contribution in [2.75, 3.05) is 16.3 Å². The van der Waals surface area contributed by atoms with Gasteiger partial charge in [-0.25, -0.2) is 0 Å². The molecule has 0 saturated carbocycles. The smallest absolute Gasteiger partial charge is 0.291 e.